The van der Waals surface area contributed by atoms with Gasteiger partial charge in [0.05, 0.1) is 18.7 Å². The summed E-state index contributed by atoms with van der Waals surface area (Å²) in [6.07, 6.45) is 1.49. The predicted molar refractivity (Wildman–Crippen MR) is 127 cm³/mol. The van der Waals surface area contributed by atoms with Crippen molar-refractivity contribution in [3.05, 3.63) is 98.8 Å². The van der Waals surface area contributed by atoms with Crippen LogP contribution in [0.3, 0.4) is 0 Å². The van der Waals surface area contributed by atoms with Gasteiger partial charge in [0, 0.05) is 11.9 Å². The minimum absolute atomic E-state index is 0.0883. The SMILES string of the molecule is CCOc1ccc(NC(=O)Cn2c(=O)n(Cc3ccc(C)cc3)c(=O)c3ncccc32)cc1. The molecule has 2 heterocycles. The first kappa shape index (κ1) is 22.0. The lowest BCUT2D eigenvalue weighted by Gasteiger charge is -2.14. The Labute approximate surface area is 190 Å². The third-order valence-corrected chi connectivity index (χ3v) is 5.20. The average molecular weight is 444 g/mol. The van der Waals surface area contributed by atoms with Crippen molar-refractivity contribution in [2.45, 2.75) is 26.9 Å². The first-order valence-corrected chi connectivity index (χ1v) is 10.6. The van der Waals surface area contributed by atoms with E-state index in [1.807, 2.05) is 38.1 Å². The molecule has 33 heavy (non-hydrogen) atoms. The molecule has 0 aliphatic carbocycles. The number of nitrogens with one attached hydrogen (secondary N) is 1. The number of anilines is 1. The molecular weight excluding hydrogens is 420 g/mol. The van der Waals surface area contributed by atoms with Gasteiger partial charge in [-0.1, -0.05) is 29.8 Å². The summed E-state index contributed by atoms with van der Waals surface area (Å²) < 4.78 is 7.80. The van der Waals surface area contributed by atoms with Gasteiger partial charge >= 0.3 is 5.69 Å². The number of pyridine rings is 1. The maximum atomic E-state index is 13.3. The second-order valence-electron chi connectivity index (χ2n) is 7.62. The van der Waals surface area contributed by atoms with Crippen LogP contribution in [-0.2, 0) is 17.9 Å². The number of fused-ring (bicyclic) bond motifs is 1. The van der Waals surface area contributed by atoms with Crippen LogP contribution in [0.25, 0.3) is 11.0 Å². The van der Waals surface area contributed by atoms with Crippen LogP contribution in [-0.4, -0.2) is 26.6 Å². The van der Waals surface area contributed by atoms with Crippen LogP contribution in [0.15, 0.2) is 76.4 Å². The molecule has 2 aromatic carbocycles. The van der Waals surface area contributed by atoms with Gasteiger partial charge in [-0.3, -0.25) is 18.7 Å². The van der Waals surface area contributed by atoms with E-state index < -0.39 is 17.2 Å². The average Bonchev–Trinajstić information content (AvgIpc) is 2.82. The molecule has 2 aromatic heterocycles. The van der Waals surface area contributed by atoms with Gasteiger partial charge in [-0.15, -0.1) is 0 Å². The number of amides is 1. The molecule has 0 radical (unpaired) electrons. The highest BCUT2D eigenvalue weighted by molar-refractivity contribution is 5.91. The van der Waals surface area contributed by atoms with Crippen molar-refractivity contribution in [1.29, 1.82) is 0 Å². The molecule has 0 fully saturated rings. The lowest BCUT2D eigenvalue weighted by Crippen LogP contribution is -2.42. The van der Waals surface area contributed by atoms with Crippen LogP contribution < -0.4 is 21.3 Å². The fourth-order valence-electron chi connectivity index (χ4n) is 3.56. The minimum atomic E-state index is -0.567. The molecule has 4 rings (SSSR count). The molecule has 0 saturated carbocycles. The Balaban J connectivity index is 1.67. The van der Waals surface area contributed by atoms with Gasteiger partial charge in [0.15, 0.2) is 5.52 Å². The van der Waals surface area contributed by atoms with Crippen molar-refractivity contribution in [1.82, 2.24) is 14.1 Å². The Morgan fingerprint density at radius 2 is 1.73 bits per heavy atom. The number of aryl methyl sites for hydroxylation is 1. The van der Waals surface area contributed by atoms with E-state index in [-0.39, 0.29) is 18.6 Å². The quantitative estimate of drug-likeness (QED) is 0.473. The van der Waals surface area contributed by atoms with Crippen LogP contribution in [0.5, 0.6) is 5.75 Å². The number of aromatic nitrogens is 3. The van der Waals surface area contributed by atoms with Crippen LogP contribution >= 0.6 is 0 Å². The van der Waals surface area contributed by atoms with Gasteiger partial charge in [0.2, 0.25) is 5.91 Å². The van der Waals surface area contributed by atoms with Gasteiger partial charge in [-0.25, -0.2) is 9.78 Å². The van der Waals surface area contributed by atoms with Gasteiger partial charge in [-0.2, -0.15) is 0 Å². The molecule has 0 aliphatic heterocycles. The zero-order valence-corrected chi connectivity index (χ0v) is 18.4. The van der Waals surface area contributed by atoms with E-state index in [1.165, 1.54) is 10.8 Å². The topological polar surface area (TPSA) is 95.2 Å². The summed E-state index contributed by atoms with van der Waals surface area (Å²) in [5.74, 6) is 0.305. The molecule has 0 spiro atoms. The van der Waals surface area contributed by atoms with Crippen LogP contribution in [0.1, 0.15) is 18.1 Å². The maximum absolute atomic E-state index is 13.3. The van der Waals surface area contributed by atoms with E-state index in [0.29, 0.717) is 23.6 Å². The number of benzene rings is 2. The van der Waals surface area contributed by atoms with E-state index in [2.05, 4.69) is 10.3 Å². The molecular formula is C25H24N4O4. The summed E-state index contributed by atoms with van der Waals surface area (Å²) >= 11 is 0. The molecule has 8 heteroatoms. The fourth-order valence-corrected chi connectivity index (χ4v) is 3.56. The predicted octanol–water partition coefficient (Wildman–Crippen LogP) is 2.95. The number of carbonyl (C=O) groups is 1. The summed E-state index contributed by atoms with van der Waals surface area (Å²) in [5.41, 5.74) is 1.86. The Morgan fingerprint density at radius 3 is 2.42 bits per heavy atom. The van der Waals surface area contributed by atoms with E-state index >= 15 is 0 Å². The number of hydrogen-bond acceptors (Lipinski definition) is 5. The summed E-state index contributed by atoms with van der Waals surface area (Å²) in [6, 6.07) is 17.8. The largest absolute Gasteiger partial charge is 0.494 e. The highest BCUT2D eigenvalue weighted by atomic mass is 16.5. The Kier molecular flexibility index (Phi) is 6.35. The molecule has 4 aromatic rings. The van der Waals surface area contributed by atoms with E-state index in [0.717, 1.165) is 15.7 Å². The first-order valence-electron chi connectivity index (χ1n) is 10.6. The monoisotopic (exact) mass is 444 g/mol. The van der Waals surface area contributed by atoms with Crippen molar-refractivity contribution in [3.8, 4) is 5.75 Å². The van der Waals surface area contributed by atoms with Crippen molar-refractivity contribution in [2.24, 2.45) is 0 Å². The number of carbonyl (C=O) groups excluding carboxylic acids is 1. The molecule has 1 amide bonds. The van der Waals surface area contributed by atoms with Gasteiger partial charge < -0.3 is 10.1 Å². The second-order valence-corrected chi connectivity index (χ2v) is 7.62. The lowest BCUT2D eigenvalue weighted by molar-refractivity contribution is -0.116. The zero-order chi connectivity index (χ0) is 23.4. The second kappa shape index (κ2) is 9.52. The van der Waals surface area contributed by atoms with Crippen molar-refractivity contribution in [2.75, 3.05) is 11.9 Å². The number of rotatable bonds is 7. The van der Waals surface area contributed by atoms with Crippen LogP contribution in [0, 0.1) is 6.92 Å². The van der Waals surface area contributed by atoms with Gasteiger partial charge in [-0.05, 0) is 55.8 Å². The highest BCUT2D eigenvalue weighted by Crippen LogP contribution is 2.16. The summed E-state index contributed by atoms with van der Waals surface area (Å²) in [4.78, 5) is 43.2. The summed E-state index contributed by atoms with van der Waals surface area (Å²) in [6.45, 7) is 4.23. The van der Waals surface area contributed by atoms with Gasteiger partial charge in [0.25, 0.3) is 5.56 Å². The fraction of sp³-hybridized carbons (Fsp3) is 0.200. The minimum Gasteiger partial charge on any atom is -0.494 e. The smallest absolute Gasteiger partial charge is 0.332 e. The maximum Gasteiger partial charge on any atom is 0.332 e. The van der Waals surface area contributed by atoms with E-state index in [1.54, 1.807) is 36.4 Å². The third-order valence-electron chi connectivity index (χ3n) is 5.20. The number of nitrogens with zero attached hydrogens (tertiary/aromatic N) is 3. The lowest BCUT2D eigenvalue weighted by atomic mass is 10.1. The number of ether oxygens (including phenoxy) is 1. The first-order chi connectivity index (χ1) is 16.0. The highest BCUT2D eigenvalue weighted by Gasteiger charge is 2.16. The van der Waals surface area contributed by atoms with E-state index in [4.69, 9.17) is 4.74 Å². The van der Waals surface area contributed by atoms with Crippen molar-refractivity contribution >= 4 is 22.6 Å². The van der Waals surface area contributed by atoms with Crippen molar-refractivity contribution < 1.29 is 9.53 Å². The Bertz CT molecular complexity index is 1400. The molecule has 8 nitrogen and oxygen atoms in total. The summed E-state index contributed by atoms with van der Waals surface area (Å²) in [5, 5.41) is 2.78. The number of hydrogen-bond donors (Lipinski definition) is 1. The molecule has 0 unspecified atom stereocenters. The molecule has 168 valence electrons. The molecule has 0 saturated heterocycles. The van der Waals surface area contributed by atoms with Crippen molar-refractivity contribution in [3.63, 3.8) is 0 Å². The Morgan fingerprint density at radius 1 is 1.00 bits per heavy atom. The molecule has 0 bridgehead atoms. The van der Waals surface area contributed by atoms with Gasteiger partial charge in [0.1, 0.15) is 12.3 Å². The van der Waals surface area contributed by atoms with Crippen LogP contribution in [0.2, 0.25) is 0 Å². The molecule has 1 N–H and O–H groups in total. The molecule has 0 aliphatic rings. The Hall–Kier alpha value is -4.20. The third kappa shape index (κ3) is 4.85. The normalized spacial score (nSPS) is 10.8. The zero-order valence-electron chi connectivity index (χ0n) is 18.4. The summed E-state index contributed by atoms with van der Waals surface area (Å²) in [7, 11) is 0. The van der Waals surface area contributed by atoms with E-state index in [9.17, 15) is 14.4 Å². The standard InChI is InChI=1S/C25H24N4O4/c1-3-33-20-12-10-19(11-13-20)27-22(30)16-28-21-5-4-14-26-23(21)24(31)29(25(28)32)15-18-8-6-17(2)7-9-18/h4-14H,3,15-16H2,1-2H3,(H,27,30). The van der Waals surface area contributed by atoms with Crippen LogP contribution in [0.4, 0.5) is 5.69 Å². The molecule has 0 atom stereocenters.